The van der Waals surface area contributed by atoms with Gasteiger partial charge in [0.25, 0.3) is 0 Å². The number of alkyl halides is 3. The van der Waals surface area contributed by atoms with Gasteiger partial charge in [0.05, 0.1) is 6.10 Å². The van der Waals surface area contributed by atoms with E-state index in [0.717, 1.165) is 0 Å². The van der Waals surface area contributed by atoms with Gasteiger partial charge in [0.2, 0.25) is 0 Å². The molecule has 1 aliphatic heterocycles. The third-order valence-corrected chi connectivity index (χ3v) is 3.51. The number of hydrogen-bond acceptors (Lipinski definition) is 4. The number of ether oxygens (including phenoxy) is 3. The number of halogens is 4. The normalized spacial score (nSPS) is 15.9. The standard InChI is InChI=1S/C13H14BrF3O4/c14-9-6-12-11(20-3-4-21-12)5-8(9)10(18)1-2-19-7-13(15,16)17/h5-6,10,18H,1-4,7H2. The van der Waals surface area contributed by atoms with Gasteiger partial charge in [0, 0.05) is 17.5 Å². The SMILES string of the molecule is OC(CCOCC(F)(F)F)c1cc2c(cc1Br)OCCO2. The molecule has 1 aromatic carbocycles. The van der Waals surface area contributed by atoms with Crippen LogP contribution in [0.25, 0.3) is 0 Å². The third-order valence-electron chi connectivity index (χ3n) is 2.82. The van der Waals surface area contributed by atoms with E-state index in [1.807, 2.05) is 0 Å². The summed E-state index contributed by atoms with van der Waals surface area (Å²) < 4.78 is 51.7. The minimum atomic E-state index is -4.36. The fraction of sp³-hybridized carbons (Fsp3) is 0.538. The molecule has 0 bridgehead atoms. The van der Waals surface area contributed by atoms with Crippen molar-refractivity contribution in [2.75, 3.05) is 26.4 Å². The van der Waals surface area contributed by atoms with Crippen LogP contribution in [0, 0.1) is 0 Å². The van der Waals surface area contributed by atoms with Crippen LogP contribution in [0.4, 0.5) is 13.2 Å². The average Bonchev–Trinajstić information content (AvgIpc) is 2.41. The van der Waals surface area contributed by atoms with Crippen molar-refractivity contribution in [3.63, 3.8) is 0 Å². The number of rotatable bonds is 5. The van der Waals surface area contributed by atoms with Crippen LogP contribution in [0.3, 0.4) is 0 Å². The molecule has 118 valence electrons. The van der Waals surface area contributed by atoms with Crippen molar-refractivity contribution >= 4 is 15.9 Å². The molecule has 0 amide bonds. The van der Waals surface area contributed by atoms with Gasteiger partial charge in [-0.2, -0.15) is 13.2 Å². The van der Waals surface area contributed by atoms with Crippen LogP contribution in [0.1, 0.15) is 18.1 Å². The zero-order valence-electron chi connectivity index (χ0n) is 11.0. The van der Waals surface area contributed by atoms with Crippen molar-refractivity contribution in [3.05, 3.63) is 22.2 Å². The summed E-state index contributed by atoms with van der Waals surface area (Å²) in [6.45, 7) is -0.644. The maximum atomic E-state index is 11.9. The first kappa shape index (κ1) is 16.4. The van der Waals surface area contributed by atoms with Crippen molar-refractivity contribution < 1.29 is 32.5 Å². The Morgan fingerprint density at radius 1 is 1.24 bits per heavy atom. The molecule has 0 saturated heterocycles. The second-order valence-corrected chi connectivity index (χ2v) is 5.34. The van der Waals surface area contributed by atoms with Gasteiger partial charge in [-0.25, -0.2) is 0 Å². The first-order valence-electron chi connectivity index (χ1n) is 6.28. The van der Waals surface area contributed by atoms with E-state index >= 15 is 0 Å². The van der Waals surface area contributed by atoms with Crippen LogP contribution in [0.2, 0.25) is 0 Å². The molecule has 2 rings (SSSR count). The van der Waals surface area contributed by atoms with E-state index in [1.54, 1.807) is 12.1 Å². The molecule has 1 N–H and O–H groups in total. The Balaban J connectivity index is 1.94. The van der Waals surface area contributed by atoms with Gasteiger partial charge in [-0.05, 0) is 17.7 Å². The summed E-state index contributed by atoms with van der Waals surface area (Å²) in [4.78, 5) is 0. The molecule has 0 radical (unpaired) electrons. The van der Waals surface area contributed by atoms with Crippen molar-refractivity contribution in [1.82, 2.24) is 0 Å². The summed E-state index contributed by atoms with van der Waals surface area (Å²) in [5, 5.41) is 10.0. The molecule has 1 atom stereocenters. The monoisotopic (exact) mass is 370 g/mol. The highest BCUT2D eigenvalue weighted by atomic mass is 79.9. The molecule has 1 aromatic rings. The number of aliphatic hydroxyl groups excluding tert-OH is 1. The molecule has 0 aromatic heterocycles. The summed E-state index contributed by atoms with van der Waals surface area (Å²) in [5.41, 5.74) is 0.523. The van der Waals surface area contributed by atoms with E-state index in [2.05, 4.69) is 20.7 Å². The molecule has 1 aliphatic rings. The summed E-state index contributed by atoms with van der Waals surface area (Å²) in [6.07, 6.45) is -5.26. The number of aliphatic hydroxyl groups is 1. The largest absolute Gasteiger partial charge is 0.486 e. The molecule has 0 saturated carbocycles. The highest BCUT2D eigenvalue weighted by Gasteiger charge is 2.27. The molecule has 4 nitrogen and oxygen atoms in total. The van der Waals surface area contributed by atoms with E-state index in [1.165, 1.54) is 0 Å². The van der Waals surface area contributed by atoms with E-state index in [-0.39, 0.29) is 13.0 Å². The van der Waals surface area contributed by atoms with Gasteiger partial charge in [0.15, 0.2) is 11.5 Å². The fourth-order valence-corrected chi connectivity index (χ4v) is 2.46. The third kappa shape index (κ3) is 4.76. The second-order valence-electron chi connectivity index (χ2n) is 4.49. The van der Waals surface area contributed by atoms with Crippen molar-refractivity contribution in [1.29, 1.82) is 0 Å². The number of hydrogen-bond donors (Lipinski definition) is 1. The van der Waals surface area contributed by atoms with Gasteiger partial charge in [0.1, 0.15) is 19.8 Å². The maximum Gasteiger partial charge on any atom is 0.411 e. The summed E-state index contributed by atoms with van der Waals surface area (Å²) in [7, 11) is 0. The molecule has 1 heterocycles. The molecular formula is C13H14BrF3O4. The Labute approximate surface area is 127 Å². The summed E-state index contributed by atoms with van der Waals surface area (Å²) >= 11 is 3.30. The second kappa shape index (κ2) is 6.85. The molecule has 0 fully saturated rings. The maximum absolute atomic E-state index is 11.9. The average molecular weight is 371 g/mol. The Hall–Kier alpha value is -0.990. The Morgan fingerprint density at radius 2 is 1.86 bits per heavy atom. The Kier molecular flexibility index (Phi) is 5.34. The van der Waals surface area contributed by atoms with Gasteiger partial charge in [-0.15, -0.1) is 0 Å². The quantitative estimate of drug-likeness (QED) is 0.808. The number of benzene rings is 1. The van der Waals surface area contributed by atoms with E-state index < -0.39 is 18.9 Å². The lowest BCUT2D eigenvalue weighted by Gasteiger charge is -2.21. The van der Waals surface area contributed by atoms with Crippen LogP contribution in [-0.2, 0) is 4.74 Å². The Morgan fingerprint density at radius 3 is 2.48 bits per heavy atom. The topological polar surface area (TPSA) is 47.9 Å². The lowest BCUT2D eigenvalue weighted by atomic mass is 10.1. The van der Waals surface area contributed by atoms with Crippen molar-refractivity contribution in [2.45, 2.75) is 18.7 Å². The van der Waals surface area contributed by atoms with Crippen molar-refractivity contribution in [3.8, 4) is 11.5 Å². The van der Waals surface area contributed by atoms with Crippen LogP contribution in [0.15, 0.2) is 16.6 Å². The fourth-order valence-electron chi connectivity index (χ4n) is 1.87. The van der Waals surface area contributed by atoms with Gasteiger partial charge < -0.3 is 19.3 Å². The lowest BCUT2D eigenvalue weighted by molar-refractivity contribution is -0.175. The molecule has 0 spiro atoms. The van der Waals surface area contributed by atoms with Gasteiger partial charge in [-0.3, -0.25) is 0 Å². The van der Waals surface area contributed by atoms with Gasteiger partial charge in [-0.1, -0.05) is 15.9 Å². The molecular weight excluding hydrogens is 357 g/mol. The van der Waals surface area contributed by atoms with Gasteiger partial charge >= 0.3 is 6.18 Å². The molecule has 1 unspecified atom stereocenters. The minimum Gasteiger partial charge on any atom is -0.486 e. The predicted octanol–water partition coefficient (Wildman–Crippen LogP) is 3.22. The minimum absolute atomic E-state index is 0.0499. The van der Waals surface area contributed by atoms with Crippen LogP contribution in [0.5, 0.6) is 11.5 Å². The zero-order valence-corrected chi connectivity index (χ0v) is 12.5. The van der Waals surface area contributed by atoms with E-state index in [0.29, 0.717) is 34.7 Å². The smallest absolute Gasteiger partial charge is 0.411 e. The van der Waals surface area contributed by atoms with Crippen LogP contribution >= 0.6 is 15.9 Å². The first-order valence-corrected chi connectivity index (χ1v) is 7.08. The predicted molar refractivity (Wildman–Crippen MR) is 71.6 cm³/mol. The summed E-state index contributed by atoms with van der Waals surface area (Å²) in [6, 6.07) is 3.29. The van der Waals surface area contributed by atoms with Crippen LogP contribution in [-0.4, -0.2) is 37.7 Å². The zero-order chi connectivity index (χ0) is 15.5. The molecule has 21 heavy (non-hydrogen) atoms. The molecule has 0 aliphatic carbocycles. The summed E-state index contributed by atoms with van der Waals surface area (Å²) in [5.74, 6) is 1.08. The van der Waals surface area contributed by atoms with Crippen LogP contribution < -0.4 is 9.47 Å². The Bertz CT molecular complexity index is 493. The number of fused-ring (bicyclic) bond motifs is 1. The molecule has 8 heteroatoms. The first-order chi connectivity index (χ1) is 9.87. The van der Waals surface area contributed by atoms with E-state index in [4.69, 9.17) is 9.47 Å². The lowest BCUT2D eigenvalue weighted by Crippen LogP contribution is -2.18. The highest BCUT2D eigenvalue weighted by Crippen LogP contribution is 2.38. The van der Waals surface area contributed by atoms with E-state index in [9.17, 15) is 18.3 Å². The highest BCUT2D eigenvalue weighted by molar-refractivity contribution is 9.10. The van der Waals surface area contributed by atoms with Crippen molar-refractivity contribution in [2.24, 2.45) is 0 Å².